The predicted molar refractivity (Wildman–Crippen MR) is 125 cm³/mol. The summed E-state index contributed by atoms with van der Waals surface area (Å²) < 4.78 is 41.2. The summed E-state index contributed by atoms with van der Waals surface area (Å²) in [6.45, 7) is 10.4. The number of allylic oxidation sites excluding steroid dienone is 1. The van der Waals surface area contributed by atoms with Crippen LogP contribution in [0, 0.1) is 11.8 Å². The van der Waals surface area contributed by atoms with Gasteiger partial charge in [-0.1, -0.05) is 20.4 Å². The summed E-state index contributed by atoms with van der Waals surface area (Å²) in [5.41, 5.74) is 3.69. The first-order valence-electron chi connectivity index (χ1n) is 11.0. The molecular formula is C26H32O7. The second-order valence-corrected chi connectivity index (χ2v) is 8.57. The quantitative estimate of drug-likeness (QED) is 0.529. The molecule has 2 aromatic rings. The van der Waals surface area contributed by atoms with Crippen LogP contribution in [-0.4, -0.2) is 35.2 Å². The molecule has 3 atom stereocenters. The number of fused-ring (bicyclic) bond motifs is 4. The zero-order valence-corrected chi connectivity index (χ0v) is 20.4. The van der Waals surface area contributed by atoms with Gasteiger partial charge in [0.25, 0.3) is 0 Å². The van der Waals surface area contributed by atoms with Crippen molar-refractivity contribution in [1.29, 1.82) is 0 Å². The van der Waals surface area contributed by atoms with Crippen molar-refractivity contribution in [3.05, 3.63) is 35.6 Å². The fourth-order valence-electron chi connectivity index (χ4n) is 4.85. The lowest BCUT2D eigenvalue weighted by atomic mass is 9.76. The van der Waals surface area contributed by atoms with Gasteiger partial charge >= 0.3 is 0 Å². The first kappa shape index (κ1) is 23.0. The van der Waals surface area contributed by atoms with Crippen LogP contribution in [0.25, 0.3) is 11.1 Å². The Morgan fingerprint density at radius 3 is 2.21 bits per heavy atom. The molecule has 1 aliphatic heterocycles. The third-order valence-electron chi connectivity index (χ3n) is 6.57. The molecule has 0 unspecified atom stereocenters. The Hall–Kier alpha value is -3.22. The maximum absolute atomic E-state index is 6.34. The maximum atomic E-state index is 6.34. The average Bonchev–Trinajstić information content (AvgIpc) is 3.27. The standard InChI is InChI=1S/C26H32O7/c1-13(2)33-22-15(4)14(3)9-16-10-18(27-5)23(28-6)25(29-7)20(16)21-17(22)11-19-24(26(21)30-8)32-12-31-19/h10-11,14-15,22H,1,9,12H2,2-8H3/t14-,15-,22-/m1/s1. The molecule has 1 aliphatic carbocycles. The number of benzene rings is 2. The van der Waals surface area contributed by atoms with Gasteiger partial charge in [-0.25, -0.2) is 0 Å². The fraction of sp³-hybridized carbons (Fsp3) is 0.462. The van der Waals surface area contributed by atoms with Gasteiger partial charge in [0.05, 0.1) is 34.2 Å². The molecule has 2 aromatic carbocycles. The number of rotatable bonds is 6. The summed E-state index contributed by atoms with van der Waals surface area (Å²) in [6.07, 6.45) is 0.502. The van der Waals surface area contributed by atoms with Crippen LogP contribution in [0.3, 0.4) is 0 Å². The molecule has 2 aliphatic rings. The zero-order valence-electron chi connectivity index (χ0n) is 20.4. The molecular weight excluding hydrogens is 424 g/mol. The van der Waals surface area contributed by atoms with Crippen molar-refractivity contribution in [2.45, 2.75) is 33.3 Å². The highest BCUT2D eigenvalue weighted by atomic mass is 16.7. The SMILES string of the molecule is C=C(C)O[C@H]1c2cc3c(c(OC)c2-c2c(cc(OC)c(OC)c2OC)C[C@@H](C)[C@H]1C)OCO3. The smallest absolute Gasteiger partial charge is 0.231 e. The highest BCUT2D eigenvalue weighted by Crippen LogP contribution is 2.58. The van der Waals surface area contributed by atoms with Gasteiger partial charge in [0.1, 0.15) is 6.10 Å². The van der Waals surface area contributed by atoms with Gasteiger partial charge < -0.3 is 33.2 Å². The molecule has 7 heteroatoms. The van der Waals surface area contributed by atoms with Crippen molar-refractivity contribution in [3.63, 3.8) is 0 Å². The molecule has 0 bridgehead atoms. The largest absolute Gasteiger partial charge is 0.493 e. The second kappa shape index (κ2) is 8.96. The number of hydrogen-bond acceptors (Lipinski definition) is 7. The minimum absolute atomic E-state index is 0.127. The summed E-state index contributed by atoms with van der Waals surface area (Å²) in [7, 11) is 6.49. The molecule has 1 heterocycles. The van der Waals surface area contributed by atoms with Crippen molar-refractivity contribution < 1.29 is 33.2 Å². The molecule has 0 saturated carbocycles. The van der Waals surface area contributed by atoms with Crippen LogP contribution in [0.4, 0.5) is 0 Å². The Balaban J connectivity index is 2.16. The molecule has 0 fully saturated rings. The van der Waals surface area contributed by atoms with Crippen molar-refractivity contribution in [3.8, 4) is 45.6 Å². The minimum atomic E-state index is -0.276. The Labute approximate surface area is 195 Å². The molecule has 0 saturated heterocycles. The number of ether oxygens (including phenoxy) is 7. The first-order valence-corrected chi connectivity index (χ1v) is 11.0. The predicted octanol–water partition coefficient (Wildman–Crippen LogP) is 5.54. The van der Waals surface area contributed by atoms with E-state index in [0.29, 0.717) is 40.3 Å². The van der Waals surface area contributed by atoms with E-state index >= 15 is 0 Å². The van der Waals surface area contributed by atoms with Crippen molar-refractivity contribution in [2.75, 3.05) is 35.2 Å². The van der Waals surface area contributed by atoms with Crippen molar-refractivity contribution in [2.24, 2.45) is 11.8 Å². The summed E-state index contributed by atoms with van der Waals surface area (Å²) >= 11 is 0. The van der Waals surface area contributed by atoms with Gasteiger partial charge in [-0.05, 0) is 37.0 Å². The molecule has 0 spiro atoms. The lowest BCUT2D eigenvalue weighted by Gasteiger charge is -2.35. The molecule has 0 aromatic heterocycles. The zero-order chi connectivity index (χ0) is 23.9. The van der Waals surface area contributed by atoms with Gasteiger partial charge in [0, 0.05) is 22.6 Å². The number of methoxy groups -OCH3 is 4. The van der Waals surface area contributed by atoms with Crippen LogP contribution < -0.4 is 28.4 Å². The molecule has 4 rings (SSSR count). The number of hydrogen-bond donors (Lipinski definition) is 0. The lowest BCUT2D eigenvalue weighted by molar-refractivity contribution is 0.0486. The third kappa shape index (κ3) is 3.69. The summed E-state index contributed by atoms with van der Waals surface area (Å²) in [5.74, 6) is 4.55. The van der Waals surface area contributed by atoms with Gasteiger partial charge in [-0.2, -0.15) is 0 Å². The first-order chi connectivity index (χ1) is 15.9. The molecule has 0 radical (unpaired) electrons. The molecule has 0 amide bonds. The monoisotopic (exact) mass is 456 g/mol. The van der Waals surface area contributed by atoms with E-state index in [1.165, 1.54) is 0 Å². The Bertz CT molecular complexity index is 1080. The summed E-state index contributed by atoms with van der Waals surface area (Å²) in [6, 6.07) is 4.01. The molecule has 178 valence electrons. The van der Waals surface area contributed by atoms with E-state index in [-0.39, 0.29) is 24.7 Å². The van der Waals surface area contributed by atoms with Gasteiger partial charge in [-0.15, -0.1) is 0 Å². The Morgan fingerprint density at radius 1 is 0.909 bits per heavy atom. The van der Waals surface area contributed by atoms with Crippen LogP contribution in [0.5, 0.6) is 34.5 Å². The molecule has 7 nitrogen and oxygen atoms in total. The van der Waals surface area contributed by atoms with E-state index in [2.05, 4.69) is 20.4 Å². The summed E-state index contributed by atoms with van der Waals surface area (Å²) in [4.78, 5) is 0. The van der Waals surface area contributed by atoms with Crippen LogP contribution in [0.2, 0.25) is 0 Å². The van der Waals surface area contributed by atoms with Crippen LogP contribution in [-0.2, 0) is 11.2 Å². The highest BCUT2D eigenvalue weighted by Gasteiger charge is 2.39. The van der Waals surface area contributed by atoms with Gasteiger partial charge in [-0.3, -0.25) is 0 Å². The van der Waals surface area contributed by atoms with Crippen molar-refractivity contribution >= 4 is 0 Å². The Kier molecular flexibility index (Phi) is 6.23. The Morgan fingerprint density at radius 2 is 1.61 bits per heavy atom. The van der Waals surface area contributed by atoms with Crippen LogP contribution >= 0.6 is 0 Å². The fourth-order valence-corrected chi connectivity index (χ4v) is 4.85. The van der Waals surface area contributed by atoms with E-state index in [1.807, 2.05) is 19.1 Å². The normalized spacial score (nSPS) is 20.6. The van der Waals surface area contributed by atoms with Crippen molar-refractivity contribution in [1.82, 2.24) is 0 Å². The van der Waals surface area contributed by atoms with E-state index in [0.717, 1.165) is 28.7 Å². The maximum Gasteiger partial charge on any atom is 0.231 e. The van der Waals surface area contributed by atoms with E-state index < -0.39 is 0 Å². The van der Waals surface area contributed by atoms with Gasteiger partial charge in [0.15, 0.2) is 23.0 Å². The van der Waals surface area contributed by atoms with Crippen LogP contribution in [0.15, 0.2) is 24.5 Å². The highest BCUT2D eigenvalue weighted by molar-refractivity contribution is 5.88. The topological polar surface area (TPSA) is 64.6 Å². The lowest BCUT2D eigenvalue weighted by Crippen LogP contribution is -2.24. The van der Waals surface area contributed by atoms with E-state index in [9.17, 15) is 0 Å². The minimum Gasteiger partial charge on any atom is -0.493 e. The molecule has 0 N–H and O–H groups in total. The van der Waals surface area contributed by atoms with Gasteiger partial charge in [0.2, 0.25) is 18.3 Å². The van der Waals surface area contributed by atoms with E-state index in [4.69, 9.17) is 33.2 Å². The second-order valence-electron chi connectivity index (χ2n) is 8.57. The van der Waals surface area contributed by atoms with E-state index in [1.54, 1.807) is 28.4 Å². The average molecular weight is 457 g/mol. The van der Waals surface area contributed by atoms with Crippen LogP contribution in [0.1, 0.15) is 38.0 Å². The third-order valence-corrected chi connectivity index (χ3v) is 6.57. The molecule has 33 heavy (non-hydrogen) atoms. The summed E-state index contributed by atoms with van der Waals surface area (Å²) in [5, 5.41) is 0.